The molecule has 0 aliphatic heterocycles. The predicted octanol–water partition coefficient (Wildman–Crippen LogP) is 1.03. The Kier molecular flexibility index (Phi) is 4.88. The molecule has 1 saturated carbocycles. The summed E-state index contributed by atoms with van der Waals surface area (Å²) in [6.07, 6.45) is 2.76. The molecular formula is C14H21NO5S. The molecule has 0 amide bonds. The van der Waals surface area contributed by atoms with E-state index >= 15 is 0 Å². The van der Waals surface area contributed by atoms with Crippen LogP contribution in [0.3, 0.4) is 0 Å². The molecule has 0 bridgehead atoms. The SMILES string of the molecule is COc1ccc(S(=O)(=O)NCC2(OC)CCC2)cc1CO. The lowest BCUT2D eigenvalue weighted by Crippen LogP contribution is -2.49. The van der Waals surface area contributed by atoms with E-state index in [0.717, 1.165) is 19.3 Å². The lowest BCUT2D eigenvalue weighted by molar-refractivity contribution is -0.0659. The molecule has 7 heteroatoms. The molecule has 0 saturated heterocycles. The summed E-state index contributed by atoms with van der Waals surface area (Å²) in [4.78, 5) is 0.109. The van der Waals surface area contributed by atoms with E-state index in [2.05, 4.69) is 4.72 Å². The molecule has 21 heavy (non-hydrogen) atoms. The summed E-state index contributed by atoms with van der Waals surface area (Å²) >= 11 is 0. The minimum absolute atomic E-state index is 0.109. The minimum Gasteiger partial charge on any atom is -0.496 e. The van der Waals surface area contributed by atoms with Gasteiger partial charge >= 0.3 is 0 Å². The van der Waals surface area contributed by atoms with Gasteiger partial charge < -0.3 is 14.6 Å². The number of aliphatic hydroxyl groups is 1. The number of ether oxygens (including phenoxy) is 2. The molecule has 0 unspecified atom stereocenters. The van der Waals surface area contributed by atoms with Crippen LogP contribution in [0.15, 0.2) is 23.1 Å². The van der Waals surface area contributed by atoms with Crippen LogP contribution in [0.2, 0.25) is 0 Å². The minimum atomic E-state index is -3.63. The average Bonchev–Trinajstić information content (AvgIpc) is 2.45. The van der Waals surface area contributed by atoms with Gasteiger partial charge in [-0.1, -0.05) is 0 Å². The molecule has 0 radical (unpaired) electrons. The molecule has 118 valence electrons. The van der Waals surface area contributed by atoms with Gasteiger partial charge in [0.15, 0.2) is 0 Å². The molecule has 0 spiro atoms. The number of benzene rings is 1. The molecule has 6 nitrogen and oxygen atoms in total. The Morgan fingerprint density at radius 2 is 2.05 bits per heavy atom. The van der Waals surface area contributed by atoms with Crippen LogP contribution in [-0.4, -0.2) is 39.9 Å². The highest BCUT2D eigenvalue weighted by molar-refractivity contribution is 7.89. The number of sulfonamides is 1. The molecule has 0 atom stereocenters. The van der Waals surface area contributed by atoms with Gasteiger partial charge in [0.2, 0.25) is 10.0 Å². The summed E-state index contributed by atoms with van der Waals surface area (Å²) in [5.74, 6) is 0.462. The Morgan fingerprint density at radius 1 is 1.33 bits per heavy atom. The summed E-state index contributed by atoms with van der Waals surface area (Å²) in [5, 5.41) is 9.27. The van der Waals surface area contributed by atoms with Gasteiger partial charge in [0.25, 0.3) is 0 Å². The highest BCUT2D eigenvalue weighted by Gasteiger charge is 2.38. The van der Waals surface area contributed by atoms with Crippen molar-refractivity contribution in [2.75, 3.05) is 20.8 Å². The molecular weight excluding hydrogens is 294 g/mol. The third kappa shape index (κ3) is 3.37. The third-order valence-corrected chi connectivity index (χ3v) is 5.41. The zero-order valence-electron chi connectivity index (χ0n) is 12.3. The second-order valence-electron chi connectivity index (χ2n) is 5.20. The Morgan fingerprint density at radius 3 is 2.52 bits per heavy atom. The summed E-state index contributed by atoms with van der Waals surface area (Å²) in [6.45, 7) is -0.0269. The van der Waals surface area contributed by atoms with E-state index in [1.807, 2.05) is 0 Å². The third-order valence-electron chi connectivity index (χ3n) is 4.01. The van der Waals surface area contributed by atoms with Crippen LogP contribution in [0, 0.1) is 0 Å². The number of hydrogen-bond acceptors (Lipinski definition) is 5. The van der Waals surface area contributed by atoms with E-state index in [9.17, 15) is 13.5 Å². The maximum Gasteiger partial charge on any atom is 0.240 e. The van der Waals surface area contributed by atoms with E-state index in [1.54, 1.807) is 7.11 Å². The number of methoxy groups -OCH3 is 2. The van der Waals surface area contributed by atoms with Gasteiger partial charge in [-0.15, -0.1) is 0 Å². The van der Waals surface area contributed by atoms with Gasteiger partial charge in [-0.3, -0.25) is 0 Å². The van der Waals surface area contributed by atoms with Gasteiger partial charge in [0.1, 0.15) is 5.75 Å². The first-order valence-corrected chi connectivity index (χ1v) is 8.27. The Hall–Kier alpha value is -1.15. The molecule has 1 aliphatic carbocycles. The van der Waals surface area contributed by atoms with Crippen LogP contribution in [0.5, 0.6) is 5.75 Å². The maximum absolute atomic E-state index is 12.3. The van der Waals surface area contributed by atoms with E-state index < -0.39 is 10.0 Å². The molecule has 2 rings (SSSR count). The van der Waals surface area contributed by atoms with Crippen LogP contribution >= 0.6 is 0 Å². The van der Waals surface area contributed by atoms with Crippen LogP contribution < -0.4 is 9.46 Å². The van der Waals surface area contributed by atoms with E-state index in [1.165, 1.54) is 25.3 Å². The molecule has 1 aromatic rings. The fourth-order valence-electron chi connectivity index (χ4n) is 2.38. The van der Waals surface area contributed by atoms with Crippen molar-refractivity contribution in [2.45, 2.75) is 36.4 Å². The number of aliphatic hydroxyl groups excluding tert-OH is 1. The van der Waals surface area contributed by atoms with Gasteiger partial charge in [0, 0.05) is 19.2 Å². The second kappa shape index (κ2) is 6.31. The summed E-state index contributed by atoms with van der Waals surface area (Å²) in [6, 6.07) is 4.41. The van der Waals surface area contributed by atoms with Gasteiger partial charge in [0.05, 0.1) is 24.2 Å². The van der Waals surface area contributed by atoms with Crippen molar-refractivity contribution in [1.29, 1.82) is 0 Å². The Balaban J connectivity index is 2.15. The van der Waals surface area contributed by atoms with Gasteiger partial charge in [-0.2, -0.15) is 0 Å². The topological polar surface area (TPSA) is 84.9 Å². The van der Waals surface area contributed by atoms with Gasteiger partial charge in [-0.05, 0) is 37.5 Å². The smallest absolute Gasteiger partial charge is 0.240 e. The van der Waals surface area contributed by atoms with E-state index in [0.29, 0.717) is 11.3 Å². The van der Waals surface area contributed by atoms with Crippen molar-refractivity contribution in [3.8, 4) is 5.75 Å². The highest BCUT2D eigenvalue weighted by Crippen LogP contribution is 2.34. The standard InChI is InChI=1S/C14H21NO5S/c1-19-13-5-4-12(8-11(13)9-16)21(17,18)15-10-14(20-2)6-3-7-14/h4-5,8,15-16H,3,6-7,9-10H2,1-2H3. The van der Waals surface area contributed by atoms with Crippen molar-refractivity contribution in [3.05, 3.63) is 23.8 Å². The van der Waals surface area contributed by atoms with Crippen molar-refractivity contribution in [1.82, 2.24) is 4.72 Å². The quantitative estimate of drug-likeness (QED) is 0.785. The van der Waals surface area contributed by atoms with E-state index in [4.69, 9.17) is 9.47 Å². The first-order chi connectivity index (χ1) is 9.96. The fraction of sp³-hybridized carbons (Fsp3) is 0.571. The van der Waals surface area contributed by atoms with Crippen LogP contribution in [0.1, 0.15) is 24.8 Å². The van der Waals surface area contributed by atoms with Crippen LogP contribution in [0.25, 0.3) is 0 Å². The van der Waals surface area contributed by atoms with Crippen molar-refractivity contribution in [2.24, 2.45) is 0 Å². The number of rotatable bonds is 7. The second-order valence-corrected chi connectivity index (χ2v) is 6.96. The lowest BCUT2D eigenvalue weighted by Gasteiger charge is -2.40. The molecule has 1 fully saturated rings. The Labute approximate surface area is 125 Å². The Bertz CT molecular complexity index is 590. The maximum atomic E-state index is 12.3. The number of hydrogen-bond donors (Lipinski definition) is 2. The van der Waals surface area contributed by atoms with Crippen LogP contribution in [0.4, 0.5) is 0 Å². The van der Waals surface area contributed by atoms with Crippen molar-refractivity contribution >= 4 is 10.0 Å². The first-order valence-electron chi connectivity index (χ1n) is 6.79. The lowest BCUT2D eigenvalue weighted by atomic mass is 9.80. The average molecular weight is 315 g/mol. The molecule has 2 N–H and O–H groups in total. The van der Waals surface area contributed by atoms with Crippen LogP contribution in [-0.2, 0) is 21.4 Å². The van der Waals surface area contributed by atoms with Crippen molar-refractivity contribution < 1.29 is 23.0 Å². The first kappa shape index (κ1) is 16.2. The summed E-state index contributed by atoms with van der Waals surface area (Å²) in [7, 11) is -0.560. The monoisotopic (exact) mass is 315 g/mol. The molecule has 0 heterocycles. The molecule has 1 aromatic carbocycles. The number of nitrogens with one attached hydrogen (secondary N) is 1. The highest BCUT2D eigenvalue weighted by atomic mass is 32.2. The van der Waals surface area contributed by atoms with E-state index in [-0.39, 0.29) is 23.6 Å². The largest absolute Gasteiger partial charge is 0.496 e. The zero-order chi connectivity index (χ0) is 15.5. The summed E-state index contributed by atoms with van der Waals surface area (Å²) in [5.41, 5.74) is 0.0600. The molecule has 0 aromatic heterocycles. The zero-order valence-corrected chi connectivity index (χ0v) is 13.1. The normalized spacial score (nSPS) is 17.3. The van der Waals surface area contributed by atoms with Gasteiger partial charge in [-0.25, -0.2) is 13.1 Å². The molecule has 1 aliphatic rings. The fourth-order valence-corrected chi connectivity index (χ4v) is 3.54. The van der Waals surface area contributed by atoms with Crippen molar-refractivity contribution in [3.63, 3.8) is 0 Å². The predicted molar refractivity (Wildman–Crippen MR) is 77.7 cm³/mol. The summed E-state index contributed by atoms with van der Waals surface area (Å²) < 4.78 is 37.7.